The van der Waals surface area contributed by atoms with E-state index in [4.69, 9.17) is 0 Å². The van der Waals surface area contributed by atoms with Gasteiger partial charge in [0.05, 0.1) is 22.9 Å². The third-order valence-corrected chi connectivity index (χ3v) is 4.41. The highest BCUT2D eigenvalue weighted by Gasteiger charge is 2.36. The predicted octanol–water partition coefficient (Wildman–Crippen LogP) is 1.77. The van der Waals surface area contributed by atoms with E-state index >= 15 is 0 Å². The maximum absolute atomic E-state index is 12.5. The summed E-state index contributed by atoms with van der Waals surface area (Å²) in [5.74, 6) is -0.305. The summed E-state index contributed by atoms with van der Waals surface area (Å²) in [4.78, 5) is 26.0. The summed E-state index contributed by atoms with van der Waals surface area (Å²) in [7, 11) is 0. The van der Waals surface area contributed by atoms with Crippen LogP contribution in [0.2, 0.25) is 0 Å². The number of carbonyl (C=O) groups is 2. The largest absolute Gasteiger partial charge is 0.349 e. The molecule has 1 aromatic heterocycles. The van der Waals surface area contributed by atoms with Gasteiger partial charge < -0.3 is 5.32 Å². The lowest BCUT2D eigenvalue weighted by Crippen LogP contribution is -2.47. The summed E-state index contributed by atoms with van der Waals surface area (Å²) in [6, 6.07) is 7.10. The lowest BCUT2D eigenvalue weighted by molar-refractivity contribution is -0.125. The van der Waals surface area contributed by atoms with E-state index in [1.807, 2.05) is 24.3 Å². The van der Waals surface area contributed by atoms with E-state index in [0.29, 0.717) is 13.0 Å². The van der Waals surface area contributed by atoms with Crippen molar-refractivity contribution < 1.29 is 9.59 Å². The summed E-state index contributed by atoms with van der Waals surface area (Å²) < 4.78 is 0.811. The maximum atomic E-state index is 12.5. The van der Waals surface area contributed by atoms with Crippen LogP contribution in [0.15, 0.2) is 34.9 Å². The smallest absolute Gasteiger partial charge is 0.243 e. The minimum Gasteiger partial charge on any atom is -0.349 e. The molecule has 114 valence electrons. The number of amides is 2. The van der Waals surface area contributed by atoms with Crippen molar-refractivity contribution in [3.8, 4) is 0 Å². The van der Waals surface area contributed by atoms with Crippen molar-refractivity contribution in [2.24, 2.45) is 0 Å². The number of hydrogen-bond acceptors (Lipinski definition) is 3. The van der Waals surface area contributed by atoms with Crippen LogP contribution in [0.1, 0.15) is 18.2 Å². The average Bonchev–Trinajstić information content (AvgIpc) is 3.08. The number of halogens is 1. The van der Waals surface area contributed by atoms with E-state index < -0.39 is 6.04 Å². The minimum absolute atomic E-state index is 0.132. The first-order valence-electron chi connectivity index (χ1n) is 6.91. The molecule has 0 fully saturated rings. The number of H-pyrrole nitrogens is 1. The maximum Gasteiger partial charge on any atom is 0.243 e. The van der Waals surface area contributed by atoms with E-state index in [1.54, 1.807) is 11.1 Å². The Hall–Kier alpha value is -2.15. The van der Waals surface area contributed by atoms with Crippen LogP contribution in [0.4, 0.5) is 5.69 Å². The van der Waals surface area contributed by atoms with Crippen LogP contribution >= 0.6 is 15.9 Å². The fourth-order valence-electron chi connectivity index (χ4n) is 2.70. The fraction of sp³-hybridized carbons (Fsp3) is 0.267. The van der Waals surface area contributed by atoms with Crippen LogP contribution in [-0.2, 0) is 22.6 Å². The Bertz CT molecular complexity index is 728. The molecule has 22 heavy (non-hydrogen) atoms. The zero-order chi connectivity index (χ0) is 15.7. The van der Waals surface area contributed by atoms with E-state index in [-0.39, 0.29) is 11.8 Å². The number of nitrogens with one attached hydrogen (secondary N) is 2. The number of nitrogens with zero attached hydrogens (tertiary/aromatic N) is 2. The molecule has 7 heteroatoms. The molecule has 0 aliphatic carbocycles. The van der Waals surface area contributed by atoms with Gasteiger partial charge in [0, 0.05) is 19.0 Å². The number of aromatic amines is 1. The molecule has 0 unspecified atom stereocenters. The summed E-state index contributed by atoms with van der Waals surface area (Å²) in [6.07, 6.45) is 2.17. The number of fused-ring (bicyclic) bond motifs is 1. The van der Waals surface area contributed by atoms with Crippen molar-refractivity contribution in [1.29, 1.82) is 0 Å². The molecule has 0 radical (unpaired) electrons. The normalized spacial score (nSPS) is 16.5. The predicted molar refractivity (Wildman–Crippen MR) is 85.2 cm³/mol. The van der Waals surface area contributed by atoms with Gasteiger partial charge in [-0.3, -0.25) is 19.6 Å². The summed E-state index contributed by atoms with van der Waals surface area (Å²) in [5.41, 5.74) is 2.62. The highest BCUT2D eigenvalue weighted by atomic mass is 79.9. The first kappa shape index (κ1) is 14.8. The van der Waals surface area contributed by atoms with Gasteiger partial charge in [-0.25, -0.2) is 0 Å². The zero-order valence-electron chi connectivity index (χ0n) is 12.0. The van der Waals surface area contributed by atoms with Crippen molar-refractivity contribution in [1.82, 2.24) is 15.5 Å². The summed E-state index contributed by atoms with van der Waals surface area (Å²) in [6.45, 7) is 1.81. The molecule has 2 N–H and O–H groups in total. The van der Waals surface area contributed by atoms with Gasteiger partial charge >= 0.3 is 0 Å². The minimum atomic E-state index is -0.503. The monoisotopic (exact) mass is 362 g/mol. The van der Waals surface area contributed by atoms with Crippen molar-refractivity contribution in [2.45, 2.75) is 25.9 Å². The van der Waals surface area contributed by atoms with Gasteiger partial charge in [-0.2, -0.15) is 5.10 Å². The number of anilines is 1. The standard InChI is InChI=1S/C15H15BrN4O2/c1-9(21)20-13-5-3-2-4-10(13)6-14(20)15(22)17-8-12-11(16)7-18-19-12/h2-5,7,14H,6,8H2,1H3,(H,17,22)(H,18,19)/t14-/m0/s1. The molecule has 1 aliphatic rings. The second-order valence-corrected chi connectivity index (χ2v) is 6.01. The quantitative estimate of drug-likeness (QED) is 0.873. The molecule has 1 aliphatic heterocycles. The number of para-hydroxylation sites is 1. The highest BCUT2D eigenvalue weighted by molar-refractivity contribution is 9.10. The Morgan fingerprint density at radius 2 is 2.23 bits per heavy atom. The van der Waals surface area contributed by atoms with Gasteiger partial charge in [-0.05, 0) is 27.6 Å². The van der Waals surface area contributed by atoms with Crippen LogP contribution < -0.4 is 10.2 Å². The molecule has 2 aromatic rings. The molecule has 0 spiro atoms. The summed E-state index contributed by atoms with van der Waals surface area (Å²) in [5, 5.41) is 9.55. The molecule has 1 atom stereocenters. The van der Waals surface area contributed by atoms with Crippen molar-refractivity contribution in [3.05, 3.63) is 46.2 Å². The number of benzene rings is 1. The van der Waals surface area contributed by atoms with E-state index in [2.05, 4.69) is 31.4 Å². The van der Waals surface area contributed by atoms with Crippen LogP contribution in [0, 0.1) is 0 Å². The van der Waals surface area contributed by atoms with E-state index in [0.717, 1.165) is 21.4 Å². The number of aromatic nitrogens is 2. The first-order valence-corrected chi connectivity index (χ1v) is 7.70. The molecule has 0 saturated carbocycles. The number of carbonyl (C=O) groups excluding carboxylic acids is 2. The Morgan fingerprint density at radius 1 is 1.45 bits per heavy atom. The average molecular weight is 363 g/mol. The van der Waals surface area contributed by atoms with Crippen LogP contribution in [-0.4, -0.2) is 28.1 Å². The number of rotatable bonds is 3. The van der Waals surface area contributed by atoms with Gasteiger partial charge in [0.25, 0.3) is 0 Å². The lowest BCUT2D eigenvalue weighted by atomic mass is 10.1. The molecule has 0 bridgehead atoms. The van der Waals surface area contributed by atoms with Gasteiger partial charge in [-0.1, -0.05) is 18.2 Å². The van der Waals surface area contributed by atoms with E-state index in [9.17, 15) is 9.59 Å². The molecular weight excluding hydrogens is 348 g/mol. The second-order valence-electron chi connectivity index (χ2n) is 5.15. The van der Waals surface area contributed by atoms with Gasteiger partial charge in [-0.15, -0.1) is 0 Å². The van der Waals surface area contributed by atoms with Crippen molar-refractivity contribution in [3.63, 3.8) is 0 Å². The molecule has 3 rings (SSSR count). The molecule has 0 saturated heterocycles. The van der Waals surface area contributed by atoms with Gasteiger partial charge in [0.2, 0.25) is 11.8 Å². The third-order valence-electron chi connectivity index (χ3n) is 3.72. The van der Waals surface area contributed by atoms with Crippen LogP contribution in [0.25, 0.3) is 0 Å². The number of hydrogen-bond donors (Lipinski definition) is 2. The van der Waals surface area contributed by atoms with Crippen LogP contribution in [0.5, 0.6) is 0 Å². The zero-order valence-corrected chi connectivity index (χ0v) is 13.6. The van der Waals surface area contributed by atoms with Crippen molar-refractivity contribution in [2.75, 3.05) is 4.90 Å². The van der Waals surface area contributed by atoms with Gasteiger partial charge in [0.15, 0.2) is 0 Å². The topological polar surface area (TPSA) is 78.1 Å². The van der Waals surface area contributed by atoms with Gasteiger partial charge in [0.1, 0.15) is 6.04 Å². The lowest BCUT2D eigenvalue weighted by Gasteiger charge is -2.23. The highest BCUT2D eigenvalue weighted by Crippen LogP contribution is 2.32. The third kappa shape index (κ3) is 2.64. The first-order chi connectivity index (χ1) is 10.6. The molecular formula is C15H15BrN4O2. The molecule has 6 nitrogen and oxygen atoms in total. The SMILES string of the molecule is CC(=O)N1c2ccccc2C[C@H]1C(=O)NCc1[nH]ncc1Br. The Kier molecular flexibility index (Phi) is 3.98. The summed E-state index contributed by atoms with van der Waals surface area (Å²) >= 11 is 3.35. The van der Waals surface area contributed by atoms with E-state index in [1.165, 1.54) is 6.92 Å². The van der Waals surface area contributed by atoms with Crippen molar-refractivity contribution >= 4 is 33.4 Å². The Morgan fingerprint density at radius 3 is 2.91 bits per heavy atom. The molecule has 2 amide bonds. The molecule has 2 heterocycles. The second kappa shape index (κ2) is 5.92. The van der Waals surface area contributed by atoms with Crippen LogP contribution in [0.3, 0.4) is 0 Å². The Labute approximate surface area is 136 Å². The molecule has 1 aromatic carbocycles. The Balaban J connectivity index is 1.75. The fourth-order valence-corrected chi connectivity index (χ4v) is 3.03.